The standard InChI is InChI=1S/C9H18N2O2/c1-10-7-9(12)11(2)8-3-5-13-6-4-8/h8,10H,3-7H2,1-2H3. The minimum Gasteiger partial charge on any atom is -0.381 e. The second kappa shape index (κ2) is 5.19. The molecule has 0 aliphatic carbocycles. The molecule has 0 spiro atoms. The van der Waals surface area contributed by atoms with Crippen LogP contribution in [0, 0.1) is 0 Å². The average Bonchev–Trinajstić information content (AvgIpc) is 2.18. The number of hydrogen-bond donors (Lipinski definition) is 1. The van der Waals surface area contributed by atoms with Gasteiger partial charge in [0.15, 0.2) is 0 Å². The second-order valence-electron chi connectivity index (χ2n) is 3.38. The first kappa shape index (κ1) is 10.5. The van der Waals surface area contributed by atoms with E-state index in [1.165, 1.54) is 0 Å². The van der Waals surface area contributed by atoms with Crippen molar-refractivity contribution in [1.29, 1.82) is 0 Å². The van der Waals surface area contributed by atoms with E-state index in [9.17, 15) is 4.79 Å². The van der Waals surface area contributed by atoms with E-state index >= 15 is 0 Å². The zero-order valence-electron chi connectivity index (χ0n) is 8.38. The zero-order valence-corrected chi connectivity index (χ0v) is 8.38. The molecule has 0 saturated carbocycles. The van der Waals surface area contributed by atoms with E-state index in [-0.39, 0.29) is 5.91 Å². The van der Waals surface area contributed by atoms with Gasteiger partial charge in [0.2, 0.25) is 5.91 Å². The molecular weight excluding hydrogens is 168 g/mol. The monoisotopic (exact) mass is 186 g/mol. The number of rotatable bonds is 3. The van der Waals surface area contributed by atoms with E-state index in [0.717, 1.165) is 26.1 Å². The van der Waals surface area contributed by atoms with Gasteiger partial charge in [-0.2, -0.15) is 0 Å². The molecule has 0 radical (unpaired) electrons. The second-order valence-corrected chi connectivity index (χ2v) is 3.38. The predicted molar refractivity (Wildman–Crippen MR) is 50.5 cm³/mol. The van der Waals surface area contributed by atoms with Gasteiger partial charge in [0.05, 0.1) is 6.54 Å². The molecular formula is C9H18N2O2. The molecule has 4 heteroatoms. The summed E-state index contributed by atoms with van der Waals surface area (Å²) in [6.07, 6.45) is 1.93. The summed E-state index contributed by atoms with van der Waals surface area (Å²) in [5.74, 6) is 0.161. The fraction of sp³-hybridized carbons (Fsp3) is 0.889. The number of hydrogen-bond acceptors (Lipinski definition) is 3. The third-order valence-electron chi connectivity index (χ3n) is 2.46. The number of ether oxygens (including phenoxy) is 1. The summed E-state index contributed by atoms with van der Waals surface area (Å²) in [4.78, 5) is 13.3. The number of carbonyl (C=O) groups is 1. The molecule has 0 aromatic heterocycles. The highest BCUT2D eigenvalue weighted by Crippen LogP contribution is 2.12. The fourth-order valence-corrected chi connectivity index (χ4v) is 1.55. The topological polar surface area (TPSA) is 41.6 Å². The molecule has 1 aliphatic rings. The Hall–Kier alpha value is -0.610. The summed E-state index contributed by atoms with van der Waals surface area (Å²) in [5.41, 5.74) is 0. The lowest BCUT2D eigenvalue weighted by Crippen LogP contribution is -2.43. The van der Waals surface area contributed by atoms with Gasteiger partial charge in [-0.3, -0.25) is 4.79 Å². The molecule has 0 bridgehead atoms. The zero-order chi connectivity index (χ0) is 9.68. The third-order valence-corrected chi connectivity index (χ3v) is 2.46. The molecule has 0 aromatic carbocycles. The van der Waals surface area contributed by atoms with Crippen molar-refractivity contribution in [2.75, 3.05) is 33.9 Å². The smallest absolute Gasteiger partial charge is 0.236 e. The van der Waals surface area contributed by atoms with Crippen LogP contribution in [0.4, 0.5) is 0 Å². The van der Waals surface area contributed by atoms with Gasteiger partial charge in [-0.05, 0) is 19.9 Å². The number of likely N-dealkylation sites (N-methyl/N-ethyl adjacent to an activating group) is 2. The molecule has 76 valence electrons. The Kier molecular flexibility index (Phi) is 4.18. The molecule has 0 aromatic rings. The van der Waals surface area contributed by atoms with Crippen LogP contribution in [0.1, 0.15) is 12.8 Å². The van der Waals surface area contributed by atoms with E-state index in [0.29, 0.717) is 12.6 Å². The number of nitrogens with one attached hydrogen (secondary N) is 1. The summed E-state index contributed by atoms with van der Waals surface area (Å²) in [5, 5.41) is 2.87. The molecule has 1 fully saturated rings. The van der Waals surface area contributed by atoms with Crippen molar-refractivity contribution in [2.24, 2.45) is 0 Å². The highest BCUT2D eigenvalue weighted by Gasteiger charge is 2.21. The van der Waals surface area contributed by atoms with Crippen LogP contribution in [0.25, 0.3) is 0 Å². The van der Waals surface area contributed by atoms with Gasteiger partial charge in [-0.15, -0.1) is 0 Å². The normalized spacial score (nSPS) is 18.6. The maximum Gasteiger partial charge on any atom is 0.236 e. The van der Waals surface area contributed by atoms with Crippen LogP contribution in [0.2, 0.25) is 0 Å². The fourth-order valence-electron chi connectivity index (χ4n) is 1.55. The lowest BCUT2D eigenvalue weighted by molar-refractivity contribution is -0.132. The van der Waals surface area contributed by atoms with E-state index in [2.05, 4.69) is 5.32 Å². The highest BCUT2D eigenvalue weighted by atomic mass is 16.5. The van der Waals surface area contributed by atoms with Crippen molar-refractivity contribution in [3.05, 3.63) is 0 Å². The first-order valence-electron chi connectivity index (χ1n) is 4.73. The minimum absolute atomic E-state index is 0.161. The number of carbonyl (C=O) groups excluding carboxylic acids is 1. The minimum atomic E-state index is 0.161. The largest absolute Gasteiger partial charge is 0.381 e. The maximum absolute atomic E-state index is 11.5. The van der Waals surface area contributed by atoms with Crippen molar-refractivity contribution < 1.29 is 9.53 Å². The molecule has 1 heterocycles. The van der Waals surface area contributed by atoms with Crippen LogP contribution in [0.5, 0.6) is 0 Å². The number of amides is 1. The van der Waals surface area contributed by atoms with Gasteiger partial charge in [0, 0.05) is 26.3 Å². The highest BCUT2D eigenvalue weighted by molar-refractivity contribution is 5.78. The lowest BCUT2D eigenvalue weighted by atomic mass is 10.1. The van der Waals surface area contributed by atoms with Gasteiger partial charge in [-0.1, -0.05) is 0 Å². The summed E-state index contributed by atoms with van der Waals surface area (Å²) in [7, 11) is 3.66. The molecule has 0 atom stereocenters. The van der Waals surface area contributed by atoms with Crippen LogP contribution < -0.4 is 5.32 Å². The van der Waals surface area contributed by atoms with E-state index < -0.39 is 0 Å². The first-order chi connectivity index (χ1) is 6.25. The molecule has 1 aliphatic heterocycles. The Morgan fingerprint density at radius 3 is 2.69 bits per heavy atom. The maximum atomic E-state index is 11.5. The van der Waals surface area contributed by atoms with Gasteiger partial charge in [0.25, 0.3) is 0 Å². The van der Waals surface area contributed by atoms with E-state index in [1.54, 1.807) is 7.05 Å². The van der Waals surface area contributed by atoms with Crippen molar-refractivity contribution in [3.8, 4) is 0 Å². The van der Waals surface area contributed by atoms with Crippen molar-refractivity contribution >= 4 is 5.91 Å². The van der Waals surface area contributed by atoms with E-state index in [1.807, 2.05) is 11.9 Å². The summed E-state index contributed by atoms with van der Waals surface area (Å²) in [6.45, 7) is 1.98. The van der Waals surface area contributed by atoms with E-state index in [4.69, 9.17) is 4.74 Å². The molecule has 1 rings (SSSR count). The molecule has 0 unspecified atom stereocenters. The van der Waals surface area contributed by atoms with Gasteiger partial charge in [-0.25, -0.2) is 0 Å². The lowest BCUT2D eigenvalue weighted by Gasteiger charge is -2.31. The quantitative estimate of drug-likeness (QED) is 0.666. The average molecular weight is 186 g/mol. The Labute approximate surface area is 79.2 Å². The SMILES string of the molecule is CNCC(=O)N(C)C1CCOCC1. The first-order valence-corrected chi connectivity index (χ1v) is 4.73. The molecule has 4 nitrogen and oxygen atoms in total. The van der Waals surface area contributed by atoms with Gasteiger partial charge >= 0.3 is 0 Å². The van der Waals surface area contributed by atoms with Crippen molar-refractivity contribution in [2.45, 2.75) is 18.9 Å². The molecule has 1 saturated heterocycles. The van der Waals surface area contributed by atoms with Crippen LogP contribution >= 0.6 is 0 Å². The number of nitrogens with zero attached hydrogens (tertiary/aromatic N) is 1. The summed E-state index contributed by atoms with van der Waals surface area (Å²) >= 11 is 0. The predicted octanol–water partition coefficient (Wildman–Crippen LogP) is -0.157. The van der Waals surface area contributed by atoms with Crippen LogP contribution in [0.3, 0.4) is 0 Å². The van der Waals surface area contributed by atoms with Gasteiger partial charge in [0.1, 0.15) is 0 Å². The van der Waals surface area contributed by atoms with Crippen molar-refractivity contribution in [1.82, 2.24) is 10.2 Å². The summed E-state index contributed by atoms with van der Waals surface area (Å²) in [6, 6.07) is 0.370. The van der Waals surface area contributed by atoms with Gasteiger partial charge < -0.3 is 15.0 Å². The molecule has 1 N–H and O–H groups in total. The Bertz CT molecular complexity index is 167. The summed E-state index contributed by atoms with van der Waals surface area (Å²) < 4.78 is 5.24. The molecule has 1 amide bonds. The van der Waals surface area contributed by atoms with Crippen LogP contribution in [0.15, 0.2) is 0 Å². The Morgan fingerprint density at radius 2 is 2.15 bits per heavy atom. The molecule has 13 heavy (non-hydrogen) atoms. The van der Waals surface area contributed by atoms with Crippen LogP contribution in [-0.2, 0) is 9.53 Å². The van der Waals surface area contributed by atoms with Crippen LogP contribution in [-0.4, -0.2) is 50.7 Å². The Morgan fingerprint density at radius 1 is 1.54 bits per heavy atom. The van der Waals surface area contributed by atoms with Crippen molar-refractivity contribution in [3.63, 3.8) is 0 Å². The third kappa shape index (κ3) is 2.97. The Balaban J connectivity index is 2.35.